The summed E-state index contributed by atoms with van der Waals surface area (Å²) in [6.45, 7) is 11.9. The zero-order valence-corrected chi connectivity index (χ0v) is 24.4. The minimum Gasteiger partial charge on any atom is -0.325 e. The van der Waals surface area contributed by atoms with Gasteiger partial charge < -0.3 is 4.52 Å². The van der Waals surface area contributed by atoms with Crippen molar-refractivity contribution in [3.05, 3.63) is 29.8 Å². The molecule has 3 atom stereocenters. The van der Waals surface area contributed by atoms with Crippen LogP contribution in [0.15, 0.2) is 24.3 Å². The maximum atomic E-state index is 14.3. The minimum absolute atomic E-state index is 0.480. The van der Waals surface area contributed by atoms with Gasteiger partial charge in [0.25, 0.3) is 0 Å². The summed E-state index contributed by atoms with van der Waals surface area (Å²) in [6.07, 6.45) is 20.6. The Balaban J connectivity index is 2.80. The fourth-order valence-electron chi connectivity index (χ4n) is 4.79. The van der Waals surface area contributed by atoms with Gasteiger partial charge >= 0.3 is 0 Å². The van der Waals surface area contributed by atoms with Crippen LogP contribution in [0.25, 0.3) is 0 Å². The number of benzene rings is 1. The molecule has 0 spiro atoms. The highest BCUT2D eigenvalue weighted by molar-refractivity contribution is 7.67. The monoisotopic (exact) mass is 492 g/mol. The first kappa shape index (κ1) is 31.4. The normalized spacial score (nSPS) is 15.2. The molecule has 34 heavy (non-hydrogen) atoms. The number of aryl methyl sites for hydroxylation is 1. The molecule has 198 valence electrons. The van der Waals surface area contributed by atoms with Gasteiger partial charge in [-0.3, -0.25) is 4.57 Å². The fraction of sp³-hybridized carbons (Fsp3) is 0.806. The molecule has 2 nitrogen and oxygen atoms in total. The highest BCUT2D eigenvalue weighted by atomic mass is 31.2. The second-order valence-electron chi connectivity index (χ2n) is 10.5. The van der Waals surface area contributed by atoms with E-state index in [1.54, 1.807) is 0 Å². The Kier molecular flexibility index (Phi) is 18.1. The van der Waals surface area contributed by atoms with Crippen molar-refractivity contribution in [3.63, 3.8) is 0 Å². The molecule has 0 heterocycles. The summed E-state index contributed by atoms with van der Waals surface area (Å²) in [7, 11) is -2.85. The lowest BCUT2D eigenvalue weighted by molar-refractivity contribution is 0.235. The molecule has 0 radical (unpaired) electrons. The molecule has 0 saturated carbocycles. The molecule has 0 N–H and O–H groups in total. The van der Waals surface area contributed by atoms with E-state index >= 15 is 0 Å². The molecule has 0 aliphatic heterocycles. The van der Waals surface area contributed by atoms with Crippen LogP contribution in [0.1, 0.15) is 136 Å². The van der Waals surface area contributed by atoms with Crippen molar-refractivity contribution >= 4 is 12.7 Å². The second-order valence-corrected chi connectivity index (χ2v) is 13.0. The maximum absolute atomic E-state index is 14.3. The van der Waals surface area contributed by atoms with Crippen LogP contribution in [0.2, 0.25) is 0 Å². The van der Waals surface area contributed by atoms with E-state index in [0.717, 1.165) is 31.0 Å². The molecule has 0 amide bonds. The lowest BCUT2D eigenvalue weighted by Gasteiger charge is -2.26. The summed E-state index contributed by atoms with van der Waals surface area (Å²) >= 11 is 0. The largest absolute Gasteiger partial charge is 0.325 e. The van der Waals surface area contributed by atoms with Gasteiger partial charge in [0, 0.05) is 11.5 Å². The number of hydrogen-bond acceptors (Lipinski definition) is 2. The van der Waals surface area contributed by atoms with Crippen molar-refractivity contribution in [2.75, 3.05) is 12.8 Å². The number of rotatable bonds is 22. The van der Waals surface area contributed by atoms with E-state index in [1.165, 1.54) is 82.6 Å². The molecule has 0 fully saturated rings. The van der Waals surface area contributed by atoms with E-state index < -0.39 is 7.37 Å². The highest BCUT2D eigenvalue weighted by Crippen LogP contribution is 2.49. The van der Waals surface area contributed by atoms with Gasteiger partial charge in [-0.15, -0.1) is 0 Å². The van der Waals surface area contributed by atoms with E-state index in [1.807, 2.05) is 0 Å². The van der Waals surface area contributed by atoms with Gasteiger partial charge in [0.1, 0.15) is 0 Å². The van der Waals surface area contributed by atoms with Crippen LogP contribution in [0.5, 0.6) is 0 Å². The SMILES string of the molecule is CCCCCCCCCc1ccc(P(=O)(CC(CC)CCCC)OCC(CC)CCCC)cc1. The third-order valence-corrected chi connectivity index (χ3v) is 10.2. The summed E-state index contributed by atoms with van der Waals surface area (Å²) in [5.41, 5.74) is 1.37. The predicted octanol–water partition coefficient (Wildman–Crippen LogP) is 10.3. The Hall–Kier alpha value is -0.590. The number of unbranched alkanes of at least 4 members (excludes halogenated alkanes) is 8. The highest BCUT2D eigenvalue weighted by Gasteiger charge is 2.30. The fourth-order valence-corrected chi connectivity index (χ4v) is 7.43. The predicted molar refractivity (Wildman–Crippen MR) is 153 cm³/mol. The lowest BCUT2D eigenvalue weighted by atomic mass is 10.0. The van der Waals surface area contributed by atoms with Crippen LogP contribution >= 0.6 is 7.37 Å². The Morgan fingerprint density at radius 3 is 1.76 bits per heavy atom. The second kappa shape index (κ2) is 19.6. The molecule has 1 aromatic rings. The van der Waals surface area contributed by atoms with Crippen molar-refractivity contribution in [3.8, 4) is 0 Å². The van der Waals surface area contributed by atoms with Gasteiger partial charge in [0.2, 0.25) is 7.37 Å². The quantitative estimate of drug-likeness (QED) is 0.119. The van der Waals surface area contributed by atoms with Crippen molar-refractivity contribution in [2.45, 2.75) is 137 Å². The van der Waals surface area contributed by atoms with Crippen molar-refractivity contribution in [1.82, 2.24) is 0 Å². The summed E-state index contributed by atoms with van der Waals surface area (Å²) < 4.78 is 20.7. The van der Waals surface area contributed by atoms with Gasteiger partial charge in [0.05, 0.1) is 6.61 Å². The summed E-state index contributed by atoms with van der Waals surface area (Å²) in [5.74, 6) is 0.995. The van der Waals surface area contributed by atoms with E-state index in [2.05, 4.69) is 58.9 Å². The Morgan fingerprint density at radius 1 is 0.676 bits per heavy atom. The Bertz CT molecular complexity index is 639. The van der Waals surface area contributed by atoms with Crippen molar-refractivity contribution in [2.24, 2.45) is 11.8 Å². The van der Waals surface area contributed by atoms with Crippen LogP contribution < -0.4 is 5.30 Å². The third kappa shape index (κ3) is 12.9. The molecule has 1 aromatic carbocycles. The van der Waals surface area contributed by atoms with Gasteiger partial charge in [-0.1, -0.05) is 124 Å². The molecular formula is C31H57O2P. The first-order valence-electron chi connectivity index (χ1n) is 14.9. The minimum atomic E-state index is -2.85. The van der Waals surface area contributed by atoms with Crippen molar-refractivity contribution < 1.29 is 9.09 Å². The van der Waals surface area contributed by atoms with E-state index in [9.17, 15) is 4.57 Å². The van der Waals surface area contributed by atoms with Crippen LogP contribution in [0, 0.1) is 11.8 Å². The Labute approximate surface area is 213 Å². The van der Waals surface area contributed by atoms with E-state index in [0.29, 0.717) is 24.6 Å². The molecule has 1 rings (SSSR count). The summed E-state index contributed by atoms with van der Waals surface area (Å²) in [6, 6.07) is 8.67. The zero-order chi connectivity index (χ0) is 25.1. The lowest BCUT2D eigenvalue weighted by Crippen LogP contribution is -2.19. The average molecular weight is 493 g/mol. The average Bonchev–Trinajstić information content (AvgIpc) is 2.86. The molecule has 0 bridgehead atoms. The van der Waals surface area contributed by atoms with Crippen LogP contribution in [-0.4, -0.2) is 12.8 Å². The van der Waals surface area contributed by atoms with Gasteiger partial charge in [0.15, 0.2) is 0 Å². The zero-order valence-electron chi connectivity index (χ0n) is 23.5. The summed E-state index contributed by atoms with van der Waals surface area (Å²) in [4.78, 5) is 0. The topological polar surface area (TPSA) is 26.3 Å². The molecule has 0 aliphatic rings. The smallest absolute Gasteiger partial charge is 0.232 e. The first-order valence-corrected chi connectivity index (χ1v) is 16.7. The summed E-state index contributed by atoms with van der Waals surface area (Å²) in [5, 5.41) is 0.941. The maximum Gasteiger partial charge on any atom is 0.232 e. The van der Waals surface area contributed by atoms with E-state index in [-0.39, 0.29) is 0 Å². The first-order chi connectivity index (χ1) is 16.5. The van der Waals surface area contributed by atoms with Crippen LogP contribution in [0.3, 0.4) is 0 Å². The molecule has 0 saturated heterocycles. The van der Waals surface area contributed by atoms with E-state index in [4.69, 9.17) is 4.52 Å². The number of hydrogen-bond donors (Lipinski definition) is 0. The van der Waals surface area contributed by atoms with Crippen molar-refractivity contribution in [1.29, 1.82) is 0 Å². The third-order valence-electron chi connectivity index (χ3n) is 7.50. The Morgan fingerprint density at radius 2 is 1.21 bits per heavy atom. The standard InChI is InChI=1S/C31H57O2P/c1-6-11-14-15-16-17-18-21-30-22-24-31(25-23-30)34(32,27-29(10-5)20-13-8-3)33-26-28(9-4)19-12-7-2/h22-25,28-29H,6-21,26-27H2,1-5H3. The van der Waals surface area contributed by atoms with Gasteiger partial charge in [-0.05, 0) is 55.2 Å². The van der Waals surface area contributed by atoms with Gasteiger partial charge in [-0.25, -0.2) is 0 Å². The van der Waals surface area contributed by atoms with Gasteiger partial charge in [-0.2, -0.15) is 0 Å². The van der Waals surface area contributed by atoms with Crippen LogP contribution in [0.4, 0.5) is 0 Å². The molecule has 0 aliphatic carbocycles. The van der Waals surface area contributed by atoms with Crippen LogP contribution in [-0.2, 0) is 15.5 Å². The molecule has 0 aromatic heterocycles. The molecule has 3 unspecified atom stereocenters. The molecular weight excluding hydrogens is 435 g/mol. The molecule has 3 heteroatoms.